The average molecular weight is 359 g/mol. The summed E-state index contributed by atoms with van der Waals surface area (Å²) in [7, 11) is 0. The highest BCUT2D eigenvalue weighted by atomic mass is 16.5. The van der Waals surface area contributed by atoms with Crippen molar-refractivity contribution in [3.8, 4) is 11.5 Å². The third-order valence-corrected chi connectivity index (χ3v) is 4.25. The second-order valence-electron chi connectivity index (χ2n) is 6.25. The Morgan fingerprint density at radius 1 is 0.741 bits per heavy atom. The molecule has 4 nitrogen and oxygen atoms in total. The van der Waals surface area contributed by atoms with E-state index in [1.807, 2.05) is 78.9 Å². The first kappa shape index (κ1) is 17.2. The molecule has 3 aromatic carbocycles. The third-order valence-electron chi connectivity index (χ3n) is 4.25. The van der Waals surface area contributed by atoms with Crippen LogP contribution in [0.4, 0.5) is 0 Å². The zero-order valence-corrected chi connectivity index (χ0v) is 15.0. The molecule has 27 heavy (non-hydrogen) atoms. The molecule has 136 valence electrons. The molecule has 0 atom stereocenters. The highest BCUT2D eigenvalue weighted by molar-refractivity contribution is 5.95. The number of rotatable bonds is 7. The van der Waals surface area contributed by atoms with Crippen LogP contribution in [0.2, 0.25) is 0 Å². The Morgan fingerprint density at radius 3 is 1.96 bits per heavy atom. The summed E-state index contributed by atoms with van der Waals surface area (Å²) in [6, 6.07) is 26.0. The SMILES string of the molecule is c1ccc(COc2ccc(C3=NCCO3)cc2OCc2ccccc2)cc1. The fraction of sp³-hybridized carbons (Fsp3) is 0.174. The van der Waals surface area contributed by atoms with Gasteiger partial charge < -0.3 is 14.2 Å². The molecular weight excluding hydrogens is 338 g/mol. The molecule has 3 aromatic rings. The molecule has 0 saturated heterocycles. The molecule has 0 fully saturated rings. The van der Waals surface area contributed by atoms with Crippen LogP contribution in [-0.2, 0) is 18.0 Å². The predicted molar refractivity (Wildman–Crippen MR) is 105 cm³/mol. The summed E-state index contributed by atoms with van der Waals surface area (Å²) in [5.41, 5.74) is 3.12. The van der Waals surface area contributed by atoms with Gasteiger partial charge in [-0.25, -0.2) is 4.99 Å². The molecule has 1 aliphatic rings. The molecule has 1 aliphatic heterocycles. The Morgan fingerprint density at radius 2 is 1.37 bits per heavy atom. The summed E-state index contributed by atoms with van der Waals surface area (Å²) in [5, 5.41) is 0. The Balaban J connectivity index is 1.54. The smallest absolute Gasteiger partial charge is 0.216 e. The summed E-state index contributed by atoms with van der Waals surface area (Å²) in [4.78, 5) is 4.39. The van der Waals surface area contributed by atoms with Crippen LogP contribution in [0.25, 0.3) is 0 Å². The van der Waals surface area contributed by atoms with Crippen LogP contribution >= 0.6 is 0 Å². The maximum absolute atomic E-state index is 6.08. The van der Waals surface area contributed by atoms with Crippen molar-refractivity contribution in [2.75, 3.05) is 13.2 Å². The monoisotopic (exact) mass is 359 g/mol. The van der Waals surface area contributed by atoms with Crippen LogP contribution in [0, 0.1) is 0 Å². The summed E-state index contributed by atoms with van der Waals surface area (Å²) in [5.74, 6) is 2.05. The van der Waals surface area contributed by atoms with Gasteiger partial charge in [0.15, 0.2) is 11.5 Å². The zero-order valence-electron chi connectivity index (χ0n) is 15.0. The molecule has 0 aliphatic carbocycles. The molecule has 0 unspecified atom stereocenters. The van der Waals surface area contributed by atoms with Crippen molar-refractivity contribution < 1.29 is 14.2 Å². The van der Waals surface area contributed by atoms with Crippen molar-refractivity contribution in [3.63, 3.8) is 0 Å². The van der Waals surface area contributed by atoms with Crippen LogP contribution < -0.4 is 9.47 Å². The van der Waals surface area contributed by atoms with Gasteiger partial charge in [0.1, 0.15) is 19.8 Å². The molecule has 0 aromatic heterocycles. The maximum Gasteiger partial charge on any atom is 0.216 e. The topological polar surface area (TPSA) is 40.0 Å². The summed E-state index contributed by atoms with van der Waals surface area (Å²) in [6.45, 7) is 2.28. The lowest BCUT2D eigenvalue weighted by molar-refractivity contribution is 0.255. The molecule has 4 heteroatoms. The molecule has 0 saturated carbocycles. The van der Waals surface area contributed by atoms with Crippen molar-refractivity contribution in [2.45, 2.75) is 13.2 Å². The summed E-state index contributed by atoms with van der Waals surface area (Å²) >= 11 is 0. The van der Waals surface area contributed by atoms with Gasteiger partial charge in [-0.05, 0) is 29.3 Å². The first-order chi connectivity index (χ1) is 13.4. The van der Waals surface area contributed by atoms with Gasteiger partial charge in [0.25, 0.3) is 0 Å². The average Bonchev–Trinajstić information content (AvgIpc) is 3.27. The Kier molecular flexibility index (Phi) is 5.34. The van der Waals surface area contributed by atoms with Gasteiger partial charge >= 0.3 is 0 Å². The van der Waals surface area contributed by atoms with Gasteiger partial charge in [-0.2, -0.15) is 0 Å². The second-order valence-corrected chi connectivity index (χ2v) is 6.25. The molecule has 0 radical (unpaired) electrons. The van der Waals surface area contributed by atoms with Crippen LogP contribution in [0.1, 0.15) is 16.7 Å². The minimum atomic E-state index is 0.472. The lowest BCUT2D eigenvalue weighted by Crippen LogP contribution is -2.04. The van der Waals surface area contributed by atoms with Crippen molar-refractivity contribution in [2.24, 2.45) is 4.99 Å². The normalized spacial score (nSPS) is 13.0. The minimum Gasteiger partial charge on any atom is -0.485 e. The van der Waals surface area contributed by atoms with Crippen LogP contribution in [0.3, 0.4) is 0 Å². The number of benzene rings is 3. The first-order valence-electron chi connectivity index (χ1n) is 9.03. The van der Waals surface area contributed by atoms with Gasteiger partial charge in [0.05, 0.1) is 6.54 Å². The van der Waals surface area contributed by atoms with Gasteiger partial charge in [-0.3, -0.25) is 0 Å². The van der Waals surface area contributed by atoms with Crippen molar-refractivity contribution in [1.82, 2.24) is 0 Å². The quantitative estimate of drug-likeness (QED) is 0.618. The molecule has 0 amide bonds. The predicted octanol–water partition coefficient (Wildman–Crippen LogP) is 4.62. The number of ether oxygens (including phenoxy) is 3. The lowest BCUT2D eigenvalue weighted by Gasteiger charge is -2.14. The largest absolute Gasteiger partial charge is 0.485 e. The zero-order chi connectivity index (χ0) is 18.3. The van der Waals surface area contributed by atoms with Crippen molar-refractivity contribution >= 4 is 5.90 Å². The van der Waals surface area contributed by atoms with E-state index in [4.69, 9.17) is 14.2 Å². The van der Waals surface area contributed by atoms with E-state index in [-0.39, 0.29) is 0 Å². The molecular formula is C23H21NO3. The van der Waals surface area contributed by atoms with Gasteiger partial charge in [0, 0.05) is 5.56 Å². The van der Waals surface area contributed by atoms with Crippen LogP contribution in [0.15, 0.2) is 83.9 Å². The van der Waals surface area contributed by atoms with E-state index < -0.39 is 0 Å². The van der Waals surface area contributed by atoms with E-state index in [1.165, 1.54) is 0 Å². The molecule has 0 bridgehead atoms. The van der Waals surface area contributed by atoms with E-state index in [1.54, 1.807) is 0 Å². The van der Waals surface area contributed by atoms with E-state index in [9.17, 15) is 0 Å². The maximum atomic E-state index is 6.08. The minimum absolute atomic E-state index is 0.472. The summed E-state index contributed by atoms with van der Waals surface area (Å²) in [6.07, 6.45) is 0. The second kappa shape index (κ2) is 8.41. The highest BCUT2D eigenvalue weighted by Gasteiger charge is 2.14. The number of aliphatic imine (C=N–C) groups is 1. The number of hydrogen-bond acceptors (Lipinski definition) is 4. The van der Waals surface area contributed by atoms with Crippen molar-refractivity contribution in [1.29, 1.82) is 0 Å². The Bertz CT molecular complexity index is 907. The Hall–Kier alpha value is -3.27. The third kappa shape index (κ3) is 4.47. The molecule has 4 rings (SSSR count). The standard InChI is InChI=1S/C23H21NO3/c1-3-7-18(8-4-1)16-26-21-12-11-20(23-24-13-14-25-23)15-22(21)27-17-19-9-5-2-6-10-19/h1-12,15H,13-14,16-17H2. The van der Waals surface area contributed by atoms with Crippen molar-refractivity contribution in [3.05, 3.63) is 95.6 Å². The molecule has 1 heterocycles. The first-order valence-corrected chi connectivity index (χ1v) is 9.03. The van der Waals surface area contributed by atoms with E-state index >= 15 is 0 Å². The fourth-order valence-electron chi connectivity index (χ4n) is 2.85. The lowest BCUT2D eigenvalue weighted by atomic mass is 10.2. The number of hydrogen-bond donors (Lipinski definition) is 0. The van der Waals surface area contributed by atoms with Gasteiger partial charge in [-0.1, -0.05) is 60.7 Å². The summed E-state index contributed by atoms with van der Waals surface area (Å²) < 4.78 is 17.7. The van der Waals surface area contributed by atoms with Crippen LogP contribution in [-0.4, -0.2) is 19.0 Å². The molecule has 0 spiro atoms. The molecule has 0 N–H and O–H groups in total. The number of nitrogens with zero attached hydrogens (tertiary/aromatic N) is 1. The van der Waals surface area contributed by atoms with Gasteiger partial charge in [-0.15, -0.1) is 0 Å². The van der Waals surface area contributed by atoms with Gasteiger partial charge in [0.2, 0.25) is 5.90 Å². The Labute approximate surface area is 159 Å². The van der Waals surface area contributed by atoms with E-state index in [0.29, 0.717) is 43.8 Å². The van der Waals surface area contributed by atoms with Crippen LogP contribution in [0.5, 0.6) is 11.5 Å². The van der Waals surface area contributed by atoms with E-state index in [0.717, 1.165) is 16.7 Å². The highest BCUT2D eigenvalue weighted by Crippen LogP contribution is 2.31. The van der Waals surface area contributed by atoms with E-state index in [2.05, 4.69) is 4.99 Å². The fourth-order valence-corrected chi connectivity index (χ4v) is 2.85.